The molecule has 0 aromatic heterocycles. The van der Waals surface area contributed by atoms with Gasteiger partial charge >= 0.3 is 5.97 Å². The van der Waals surface area contributed by atoms with Crippen molar-refractivity contribution in [2.45, 2.75) is 6.92 Å². The van der Waals surface area contributed by atoms with E-state index in [0.29, 0.717) is 11.3 Å². The number of nitrogens with one attached hydrogen (secondary N) is 1. The maximum absolute atomic E-state index is 12.2. The fourth-order valence-corrected chi connectivity index (χ4v) is 1.88. The highest BCUT2D eigenvalue weighted by Gasteiger charge is 2.13. The van der Waals surface area contributed by atoms with Crippen molar-refractivity contribution in [2.75, 3.05) is 12.4 Å². The van der Waals surface area contributed by atoms with Crippen LogP contribution in [-0.4, -0.2) is 24.1 Å². The predicted molar refractivity (Wildman–Crippen MR) is 79.1 cm³/mol. The molecule has 0 heterocycles. The molecular weight excluding hydrogens is 270 g/mol. The average molecular weight is 285 g/mol. The van der Waals surface area contributed by atoms with Crippen molar-refractivity contribution in [3.8, 4) is 5.75 Å². The number of amides is 1. The third kappa shape index (κ3) is 3.39. The Morgan fingerprint density at radius 2 is 1.76 bits per heavy atom. The van der Waals surface area contributed by atoms with E-state index in [9.17, 15) is 9.59 Å². The third-order valence-corrected chi connectivity index (χ3v) is 3.01. The van der Waals surface area contributed by atoms with Crippen molar-refractivity contribution in [1.29, 1.82) is 0 Å². The van der Waals surface area contributed by atoms with E-state index in [-0.39, 0.29) is 17.2 Å². The van der Waals surface area contributed by atoms with E-state index in [1.54, 1.807) is 43.5 Å². The smallest absolute Gasteiger partial charge is 0.337 e. The molecule has 0 unspecified atom stereocenters. The highest BCUT2D eigenvalue weighted by atomic mass is 16.5. The molecule has 0 radical (unpaired) electrons. The molecule has 2 aromatic carbocycles. The van der Waals surface area contributed by atoms with Crippen LogP contribution in [0, 0.1) is 6.92 Å². The summed E-state index contributed by atoms with van der Waals surface area (Å²) in [6, 6.07) is 11.4. The molecule has 0 aliphatic carbocycles. The van der Waals surface area contributed by atoms with E-state index < -0.39 is 5.97 Å². The number of carbonyl (C=O) groups is 2. The summed E-state index contributed by atoms with van der Waals surface area (Å²) in [4.78, 5) is 23.3. The van der Waals surface area contributed by atoms with Crippen molar-refractivity contribution >= 4 is 17.6 Å². The minimum Gasteiger partial charge on any atom is -0.497 e. The fourth-order valence-electron chi connectivity index (χ4n) is 1.88. The van der Waals surface area contributed by atoms with E-state index in [0.717, 1.165) is 5.56 Å². The van der Waals surface area contributed by atoms with Gasteiger partial charge in [-0.1, -0.05) is 6.07 Å². The molecule has 2 rings (SSSR count). The molecule has 5 nitrogen and oxygen atoms in total. The van der Waals surface area contributed by atoms with Crippen molar-refractivity contribution in [2.24, 2.45) is 0 Å². The van der Waals surface area contributed by atoms with Gasteiger partial charge in [0.1, 0.15) is 5.75 Å². The first kappa shape index (κ1) is 14.6. The summed E-state index contributed by atoms with van der Waals surface area (Å²) in [5, 5.41) is 11.8. The molecule has 5 heteroatoms. The molecule has 108 valence electrons. The number of aromatic carboxylic acids is 1. The highest BCUT2D eigenvalue weighted by molar-refractivity contribution is 6.07. The number of carboxylic acids is 1. The lowest BCUT2D eigenvalue weighted by Gasteiger charge is -2.10. The van der Waals surface area contributed by atoms with Crippen molar-refractivity contribution in [3.05, 3.63) is 59.2 Å². The van der Waals surface area contributed by atoms with Crippen LogP contribution in [0.3, 0.4) is 0 Å². The quantitative estimate of drug-likeness (QED) is 0.905. The number of methoxy groups -OCH3 is 1. The Balaban J connectivity index is 2.26. The Hall–Kier alpha value is -2.82. The number of anilines is 1. The van der Waals surface area contributed by atoms with Crippen LogP contribution in [0.1, 0.15) is 26.3 Å². The maximum atomic E-state index is 12.2. The van der Waals surface area contributed by atoms with E-state index in [4.69, 9.17) is 9.84 Å². The topological polar surface area (TPSA) is 75.6 Å². The Bertz CT molecular complexity index is 677. The lowest BCUT2D eigenvalue weighted by atomic mass is 10.1. The Morgan fingerprint density at radius 3 is 2.33 bits per heavy atom. The third-order valence-electron chi connectivity index (χ3n) is 3.01. The number of ether oxygens (including phenoxy) is 1. The first-order valence-electron chi connectivity index (χ1n) is 6.30. The van der Waals surface area contributed by atoms with Crippen LogP contribution < -0.4 is 10.1 Å². The Kier molecular flexibility index (Phi) is 4.23. The molecule has 2 N–H and O–H groups in total. The molecule has 0 atom stereocenters. The second-order valence-corrected chi connectivity index (χ2v) is 4.54. The molecular formula is C16H15NO4. The molecule has 0 bridgehead atoms. The molecule has 0 aliphatic rings. The number of hydrogen-bond acceptors (Lipinski definition) is 3. The van der Waals surface area contributed by atoms with Gasteiger partial charge in [-0.3, -0.25) is 4.79 Å². The van der Waals surface area contributed by atoms with Crippen molar-refractivity contribution < 1.29 is 19.4 Å². The second-order valence-electron chi connectivity index (χ2n) is 4.54. The van der Waals surface area contributed by atoms with Gasteiger partial charge in [0.2, 0.25) is 0 Å². The minimum absolute atomic E-state index is 0.0578. The molecule has 0 spiro atoms. The normalized spacial score (nSPS) is 10.0. The van der Waals surface area contributed by atoms with Crippen LogP contribution in [0.4, 0.5) is 5.69 Å². The van der Waals surface area contributed by atoms with E-state index >= 15 is 0 Å². The van der Waals surface area contributed by atoms with Gasteiger partial charge in [0.05, 0.1) is 18.4 Å². The maximum Gasteiger partial charge on any atom is 0.337 e. The standard InChI is InChI=1S/C16H15NO4/c1-10-3-8-13(16(19)20)14(9-10)17-15(18)11-4-6-12(21-2)7-5-11/h3-9H,1-2H3,(H,17,18)(H,19,20). The zero-order valence-electron chi connectivity index (χ0n) is 11.7. The molecule has 0 saturated heterocycles. The summed E-state index contributed by atoms with van der Waals surface area (Å²) >= 11 is 0. The largest absolute Gasteiger partial charge is 0.497 e. The van der Waals surface area contributed by atoms with Crippen molar-refractivity contribution in [1.82, 2.24) is 0 Å². The molecule has 0 saturated carbocycles. The summed E-state index contributed by atoms with van der Waals surface area (Å²) in [6.07, 6.45) is 0. The SMILES string of the molecule is COc1ccc(C(=O)Nc2cc(C)ccc2C(=O)O)cc1. The molecule has 2 aromatic rings. The number of carboxylic acid groups (broad SMARTS) is 1. The van der Waals surface area contributed by atoms with Gasteiger partial charge in [0, 0.05) is 5.56 Å². The Labute approximate surface area is 122 Å². The lowest BCUT2D eigenvalue weighted by molar-refractivity contribution is 0.0698. The fraction of sp³-hybridized carbons (Fsp3) is 0.125. The van der Waals surface area contributed by atoms with Crippen LogP contribution in [0.15, 0.2) is 42.5 Å². The van der Waals surface area contributed by atoms with Crippen LogP contribution in [-0.2, 0) is 0 Å². The van der Waals surface area contributed by atoms with E-state index in [2.05, 4.69) is 5.32 Å². The van der Waals surface area contributed by atoms with Crippen LogP contribution in [0.5, 0.6) is 5.75 Å². The number of carbonyl (C=O) groups excluding carboxylic acids is 1. The van der Waals surface area contributed by atoms with E-state index in [1.165, 1.54) is 6.07 Å². The first-order valence-corrected chi connectivity index (χ1v) is 6.30. The van der Waals surface area contributed by atoms with Gasteiger partial charge in [-0.2, -0.15) is 0 Å². The van der Waals surface area contributed by atoms with Gasteiger partial charge < -0.3 is 15.2 Å². The average Bonchev–Trinajstić information content (AvgIpc) is 2.47. The van der Waals surface area contributed by atoms with E-state index in [1.807, 2.05) is 6.92 Å². The van der Waals surface area contributed by atoms with Crippen LogP contribution >= 0.6 is 0 Å². The van der Waals surface area contributed by atoms with Crippen LogP contribution in [0.2, 0.25) is 0 Å². The molecule has 21 heavy (non-hydrogen) atoms. The summed E-state index contributed by atoms with van der Waals surface area (Å²) < 4.78 is 5.02. The number of rotatable bonds is 4. The number of hydrogen-bond donors (Lipinski definition) is 2. The summed E-state index contributed by atoms with van der Waals surface area (Å²) in [5.41, 5.74) is 1.63. The van der Waals surface area contributed by atoms with Gasteiger partial charge in [-0.15, -0.1) is 0 Å². The van der Waals surface area contributed by atoms with Crippen molar-refractivity contribution in [3.63, 3.8) is 0 Å². The summed E-state index contributed by atoms with van der Waals surface area (Å²) in [7, 11) is 1.54. The lowest BCUT2D eigenvalue weighted by Crippen LogP contribution is -2.15. The predicted octanol–water partition coefficient (Wildman–Crippen LogP) is 2.95. The summed E-state index contributed by atoms with van der Waals surface area (Å²) in [5.74, 6) is -0.806. The minimum atomic E-state index is -1.08. The molecule has 0 fully saturated rings. The molecule has 0 aliphatic heterocycles. The first-order chi connectivity index (χ1) is 10.0. The second kappa shape index (κ2) is 6.09. The zero-order chi connectivity index (χ0) is 15.4. The van der Waals surface area contributed by atoms with Gasteiger partial charge in [-0.25, -0.2) is 4.79 Å². The number of benzene rings is 2. The Morgan fingerprint density at radius 1 is 1.10 bits per heavy atom. The van der Waals surface area contributed by atoms with Crippen LogP contribution in [0.25, 0.3) is 0 Å². The molecule has 1 amide bonds. The van der Waals surface area contributed by atoms with Gasteiger partial charge in [-0.05, 0) is 48.9 Å². The van der Waals surface area contributed by atoms with Gasteiger partial charge in [0.15, 0.2) is 0 Å². The summed E-state index contributed by atoms with van der Waals surface area (Å²) in [6.45, 7) is 1.83. The highest BCUT2D eigenvalue weighted by Crippen LogP contribution is 2.19. The zero-order valence-corrected chi connectivity index (χ0v) is 11.7. The van der Waals surface area contributed by atoms with Gasteiger partial charge in [0.25, 0.3) is 5.91 Å². The number of aryl methyl sites for hydroxylation is 1. The monoisotopic (exact) mass is 285 g/mol.